The Kier molecular flexibility index (Phi) is 7.07. The van der Waals surface area contributed by atoms with Crippen LogP contribution < -0.4 is 4.90 Å². The highest BCUT2D eigenvalue weighted by molar-refractivity contribution is 6.33. The number of likely N-dealkylation sites (tertiary alicyclic amines) is 1. The second-order valence-electron chi connectivity index (χ2n) is 6.52. The van der Waals surface area contributed by atoms with Crippen LogP contribution in [0.15, 0.2) is 18.2 Å². The molecule has 156 valence electrons. The van der Waals surface area contributed by atoms with Crippen molar-refractivity contribution in [2.24, 2.45) is 0 Å². The number of non-ortho nitro benzene ring substituents is 1. The van der Waals surface area contributed by atoms with Gasteiger partial charge in [0.25, 0.3) is 5.69 Å². The fourth-order valence-electron chi connectivity index (χ4n) is 3.12. The number of benzene rings is 1. The average Bonchev–Trinajstić information content (AvgIpc) is 2.59. The minimum absolute atomic E-state index is 0.0215. The predicted octanol–water partition coefficient (Wildman–Crippen LogP) is 2.53. The number of nitrogens with zero attached hydrogens (tertiary/aromatic N) is 3. The third kappa shape index (κ3) is 5.69. The van der Waals surface area contributed by atoms with Crippen LogP contribution in [0.4, 0.5) is 24.5 Å². The first-order chi connectivity index (χ1) is 13.0. The first-order valence-corrected chi connectivity index (χ1v) is 8.78. The van der Waals surface area contributed by atoms with Crippen molar-refractivity contribution < 1.29 is 33.1 Å². The number of rotatable bonds is 3. The normalized spacial score (nSPS) is 18.8. The van der Waals surface area contributed by atoms with Crippen LogP contribution in [0.3, 0.4) is 0 Å². The molecule has 2 heterocycles. The van der Waals surface area contributed by atoms with Crippen LogP contribution in [0.5, 0.6) is 0 Å². The number of carbonyl (C=O) groups is 1. The van der Waals surface area contributed by atoms with Gasteiger partial charge in [-0.05, 0) is 18.9 Å². The molecule has 8 nitrogen and oxygen atoms in total. The maximum Gasteiger partial charge on any atom is 0.490 e. The lowest BCUT2D eigenvalue weighted by Gasteiger charge is -2.45. The zero-order chi connectivity index (χ0) is 21.1. The first kappa shape index (κ1) is 22.2. The van der Waals surface area contributed by atoms with Crippen molar-refractivity contribution in [3.05, 3.63) is 33.3 Å². The van der Waals surface area contributed by atoms with E-state index in [1.807, 2.05) is 0 Å². The maximum absolute atomic E-state index is 10.7. The molecule has 0 bridgehead atoms. The number of aliphatic carboxylic acids is 1. The van der Waals surface area contributed by atoms with E-state index in [4.69, 9.17) is 21.5 Å². The lowest BCUT2D eigenvalue weighted by molar-refractivity contribution is -0.384. The van der Waals surface area contributed by atoms with Crippen LogP contribution in [0, 0.1) is 10.1 Å². The molecular formula is C16H19ClF3N3O5. The second-order valence-corrected chi connectivity index (χ2v) is 6.93. The minimum Gasteiger partial charge on any atom is -0.475 e. The number of nitro groups is 1. The first-order valence-electron chi connectivity index (χ1n) is 8.40. The molecule has 2 aliphatic rings. The van der Waals surface area contributed by atoms with E-state index in [0.29, 0.717) is 11.1 Å². The largest absolute Gasteiger partial charge is 0.490 e. The summed E-state index contributed by atoms with van der Waals surface area (Å²) in [5.74, 6) is -2.76. The van der Waals surface area contributed by atoms with Crippen molar-refractivity contribution in [3.8, 4) is 0 Å². The lowest BCUT2D eigenvalue weighted by atomic mass is 9.98. The molecule has 2 aliphatic heterocycles. The monoisotopic (exact) mass is 425 g/mol. The van der Waals surface area contributed by atoms with E-state index < -0.39 is 17.1 Å². The maximum atomic E-state index is 10.7. The molecule has 0 amide bonds. The molecule has 0 radical (unpaired) electrons. The Hall–Kier alpha value is -2.11. The third-order valence-corrected chi connectivity index (χ3v) is 4.90. The second kappa shape index (κ2) is 8.93. The molecule has 28 heavy (non-hydrogen) atoms. The quantitative estimate of drug-likeness (QED) is 0.566. The standard InChI is InChI=1S/C14H18ClN3O3.C2HF3O2/c15-13-7-11(18(20)21)1-2-14(13)16-5-3-10(4-6-16)17-8-12(19)9-17;3-2(4,5)1(6)7/h1-2,7,10,12,19H,3-6,8-9H2;(H,6,7). The number of β-amino-alcohol motifs (C(OH)–C–C–N with tert-alkyl or cyclic N) is 1. The van der Waals surface area contributed by atoms with E-state index in [1.54, 1.807) is 6.07 Å². The minimum atomic E-state index is -5.08. The molecule has 2 fully saturated rings. The molecule has 0 spiro atoms. The van der Waals surface area contributed by atoms with Crippen molar-refractivity contribution in [2.75, 3.05) is 31.1 Å². The van der Waals surface area contributed by atoms with E-state index in [9.17, 15) is 28.4 Å². The number of carboxylic acids is 1. The highest BCUT2D eigenvalue weighted by Gasteiger charge is 2.38. The van der Waals surface area contributed by atoms with Crippen molar-refractivity contribution in [1.29, 1.82) is 0 Å². The van der Waals surface area contributed by atoms with Gasteiger partial charge in [0, 0.05) is 44.4 Å². The highest BCUT2D eigenvalue weighted by atomic mass is 35.5. The number of alkyl halides is 3. The van der Waals surface area contributed by atoms with Gasteiger partial charge in [-0.25, -0.2) is 4.79 Å². The van der Waals surface area contributed by atoms with Crippen LogP contribution in [0.2, 0.25) is 5.02 Å². The molecule has 0 saturated carbocycles. The summed E-state index contributed by atoms with van der Waals surface area (Å²) in [5.41, 5.74) is 0.887. The third-order valence-electron chi connectivity index (χ3n) is 4.60. The Balaban J connectivity index is 0.000000345. The van der Waals surface area contributed by atoms with Crippen molar-refractivity contribution in [3.63, 3.8) is 0 Å². The van der Waals surface area contributed by atoms with Gasteiger partial charge in [-0.15, -0.1) is 0 Å². The molecule has 0 unspecified atom stereocenters. The van der Waals surface area contributed by atoms with Gasteiger partial charge in [0.2, 0.25) is 0 Å². The molecule has 0 atom stereocenters. The predicted molar refractivity (Wildman–Crippen MR) is 94.6 cm³/mol. The fourth-order valence-corrected chi connectivity index (χ4v) is 3.42. The van der Waals surface area contributed by atoms with E-state index in [1.165, 1.54) is 12.1 Å². The van der Waals surface area contributed by atoms with Gasteiger partial charge in [0.1, 0.15) is 0 Å². The van der Waals surface area contributed by atoms with Gasteiger partial charge < -0.3 is 15.1 Å². The van der Waals surface area contributed by atoms with Gasteiger partial charge in [0.05, 0.1) is 21.7 Å². The van der Waals surface area contributed by atoms with Gasteiger partial charge in [-0.2, -0.15) is 13.2 Å². The number of halogens is 4. The zero-order valence-electron chi connectivity index (χ0n) is 14.6. The number of carboxylic acid groups (broad SMARTS) is 1. The Morgan fingerprint density at radius 2 is 1.79 bits per heavy atom. The molecular weight excluding hydrogens is 407 g/mol. The van der Waals surface area contributed by atoms with E-state index in [0.717, 1.165) is 44.7 Å². The summed E-state index contributed by atoms with van der Waals surface area (Å²) in [6.07, 6.45) is -3.19. The van der Waals surface area contributed by atoms with Crippen LogP contribution >= 0.6 is 11.6 Å². The Bertz CT molecular complexity index is 720. The van der Waals surface area contributed by atoms with Crippen molar-refractivity contribution >= 4 is 28.9 Å². The lowest BCUT2D eigenvalue weighted by Crippen LogP contribution is -2.57. The SMILES string of the molecule is O=C(O)C(F)(F)F.O=[N+]([O-])c1ccc(N2CCC(N3CC(O)C3)CC2)c(Cl)c1. The van der Waals surface area contributed by atoms with Crippen LogP contribution in [-0.2, 0) is 4.79 Å². The Morgan fingerprint density at radius 3 is 2.18 bits per heavy atom. The van der Waals surface area contributed by atoms with Crippen LogP contribution in [0.1, 0.15) is 12.8 Å². The number of anilines is 1. The van der Waals surface area contributed by atoms with E-state index in [-0.39, 0.29) is 11.8 Å². The number of piperidine rings is 1. The molecule has 0 aliphatic carbocycles. The van der Waals surface area contributed by atoms with Gasteiger partial charge in [-0.3, -0.25) is 15.0 Å². The topological polar surface area (TPSA) is 107 Å². The molecule has 2 saturated heterocycles. The summed E-state index contributed by atoms with van der Waals surface area (Å²) in [4.78, 5) is 23.7. The van der Waals surface area contributed by atoms with Gasteiger partial charge >= 0.3 is 12.1 Å². The Morgan fingerprint density at radius 1 is 1.25 bits per heavy atom. The summed E-state index contributed by atoms with van der Waals surface area (Å²) in [6, 6.07) is 5.17. The van der Waals surface area contributed by atoms with Crippen LogP contribution in [-0.4, -0.2) is 70.5 Å². The number of nitro benzene ring substituents is 1. The van der Waals surface area contributed by atoms with Gasteiger partial charge in [-0.1, -0.05) is 11.6 Å². The van der Waals surface area contributed by atoms with E-state index >= 15 is 0 Å². The smallest absolute Gasteiger partial charge is 0.475 e. The van der Waals surface area contributed by atoms with Crippen molar-refractivity contribution in [1.82, 2.24) is 4.90 Å². The molecule has 12 heteroatoms. The van der Waals surface area contributed by atoms with Gasteiger partial charge in [0.15, 0.2) is 0 Å². The zero-order valence-corrected chi connectivity index (χ0v) is 15.4. The van der Waals surface area contributed by atoms with Crippen molar-refractivity contribution in [2.45, 2.75) is 31.2 Å². The molecule has 1 aromatic rings. The molecule has 3 rings (SSSR count). The summed E-state index contributed by atoms with van der Waals surface area (Å²) in [6.45, 7) is 3.33. The number of hydrogen-bond donors (Lipinski definition) is 2. The number of aliphatic hydroxyl groups excluding tert-OH is 1. The highest BCUT2D eigenvalue weighted by Crippen LogP contribution is 2.32. The molecule has 0 aromatic heterocycles. The molecule has 2 N–H and O–H groups in total. The summed E-state index contributed by atoms with van der Waals surface area (Å²) >= 11 is 6.17. The summed E-state index contributed by atoms with van der Waals surface area (Å²) in [7, 11) is 0. The molecule has 1 aromatic carbocycles. The average molecular weight is 426 g/mol. The fraction of sp³-hybridized carbons (Fsp3) is 0.562. The number of aliphatic hydroxyl groups is 1. The summed E-state index contributed by atoms with van der Waals surface area (Å²) < 4.78 is 31.7. The number of hydrogen-bond acceptors (Lipinski definition) is 6. The van der Waals surface area contributed by atoms with E-state index in [2.05, 4.69) is 9.80 Å². The van der Waals surface area contributed by atoms with Crippen LogP contribution in [0.25, 0.3) is 0 Å². The Labute approximate surface area is 163 Å². The summed E-state index contributed by atoms with van der Waals surface area (Å²) in [5, 5.41) is 27.7.